The van der Waals surface area contributed by atoms with E-state index in [9.17, 15) is 14.0 Å². The minimum Gasteiger partial charge on any atom is -0.493 e. The molecule has 0 bridgehead atoms. The largest absolute Gasteiger partial charge is 0.493 e. The van der Waals surface area contributed by atoms with Crippen molar-refractivity contribution in [1.82, 2.24) is 10.9 Å². The van der Waals surface area contributed by atoms with Crippen molar-refractivity contribution in [2.24, 2.45) is 0 Å². The number of amides is 2. The predicted molar refractivity (Wildman–Crippen MR) is 85.2 cm³/mol. The summed E-state index contributed by atoms with van der Waals surface area (Å²) in [5.74, 6) is -1.13. The van der Waals surface area contributed by atoms with Gasteiger partial charge in [0.2, 0.25) is 0 Å². The molecule has 7 heteroatoms. The third-order valence-electron chi connectivity index (χ3n) is 3.11. The summed E-state index contributed by atoms with van der Waals surface area (Å²) in [5.41, 5.74) is 5.10. The summed E-state index contributed by atoms with van der Waals surface area (Å²) >= 11 is 0. The van der Waals surface area contributed by atoms with Crippen LogP contribution in [0.4, 0.5) is 4.39 Å². The lowest BCUT2D eigenvalue weighted by Gasteiger charge is -2.12. The smallest absolute Gasteiger partial charge is 0.276 e. The molecule has 24 heavy (non-hydrogen) atoms. The molecule has 0 atom stereocenters. The van der Waals surface area contributed by atoms with E-state index in [-0.39, 0.29) is 12.2 Å². The zero-order valence-electron chi connectivity index (χ0n) is 13.3. The standard InChI is InChI=1S/C17H17FN2O4/c1-11-7-8-14(15(9-11)23-2)24-10-16(21)19-20-17(22)12-5-3-4-6-13(12)18/h3-9H,10H2,1-2H3,(H,19,21)(H,20,22). The topological polar surface area (TPSA) is 76.7 Å². The van der Waals surface area contributed by atoms with Gasteiger partial charge in [-0.1, -0.05) is 18.2 Å². The Balaban J connectivity index is 1.86. The molecule has 2 rings (SSSR count). The van der Waals surface area contributed by atoms with Crippen LogP contribution in [0.15, 0.2) is 42.5 Å². The van der Waals surface area contributed by atoms with Crippen molar-refractivity contribution in [3.8, 4) is 11.5 Å². The van der Waals surface area contributed by atoms with Gasteiger partial charge in [-0.3, -0.25) is 20.4 Å². The van der Waals surface area contributed by atoms with Gasteiger partial charge in [0.15, 0.2) is 18.1 Å². The van der Waals surface area contributed by atoms with E-state index < -0.39 is 17.6 Å². The number of ether oxygens (including phenoxy) is 2. The maximum Gasteiger partial charge on any atom is 0.276 e. The predicted octanol–water partition coefficient (Wildman–Crippen LogP) is 1.98. The minimum atomic E-state index is -0.755. The number of nitrogens with one attached hydrogen (secondary N) is 2. The molecule has 0 heterocycles. The zero-order valence-corrected chi connectivity index (χ0v) is 13.3. The van der Waals surface area contributed by atoms with Crippen molar-refractivity contribution in [3.05, 3.63) is 59.4 Å². The van der Waals surface area contributed by atoms with Crippen LogP contribution in [0.1, 0.15) is 15.9 Å². The molecule has 0 saturated heterocycles. The number of aryl methyl sites for hydroxylation is 1. The van der Waals surface area contributed by atoms with E-state index in [0.29, 0.717) is 11.5 Å². The average Bonchev–Trinajstić information content (AvgIpc) is 2.58. The average molecular weight is 332 g/mol. The molecule has 0 aliphatic carbocycles. The van der Waals surface area contributed by atoms with E-state index in [0.717, 1.165) is 11.6 Å². The summed E-state index contributed by atoms with van der Waals surface area (Å²) < 4.78 is 23.9. The third kappa shape index (κ3) is 4.45. The van der Waals surface area contributed by atoms with Crippen LogP contribution in [0, 0.1) is 12.7 Å². The fourth-order valence-electron chi connectivity index (χ4n) is 1.91. The molecular weight excluding hydrogens is 315 g/mol. The van der Waals surface area contributed by atoms with E-state index in [1.807, 2.05) is 13.0 Å². The van der Waals surface area contributed by atoms with E-state index in [2.05, 4.69) is 10.9 Å². The van der Waals surface area contributed by atoms with E-state index in [1.165, 1.54) is 25.3 Å². The number of hydrogen-bond donors (Lipinski definition) is 2. The Morgan fingerprint density at radius 1 is 1.08 bits per heavy atom. The molecule has 0 saturated carbocycles. The Hall–Kier alpha value is -3.09. The van der Waals surface area contributed by atoms with Gasteiger partial charge in [-0.2, -0.15) is 0 Å². The monoisotopic (exact) mass is 332 g/mol. The number of halogens is 1. The number of rotatable bonds is 5. The van der Waals surface area contributed by atoms with Gasteiger partial charge in [-0.05, 0) is 36.8 Å². The molecule has 0 fully saturated rings. The first-order valence-corrected chi connectivity index (χ1v) is 7.12. The Labute approximate surface area is 138 Å². The molecule has 0 spiro atoms. The highest BCUT2D eigenvalue weighted by molar-refractivity contribution is 5.95. The third-order valence-corrected chi connectivity index (χ3v) is 3.11. The highest BCUT2D eigenvalue weighted by Crippen LogP contribution is 2.27. The molecule has 126 valence electrons. The van der Waals surface area contributed by atoms with Crippen LogP contribution < -0.4 is 20.3 Å². The van der Waals surface area contributed by atoms with Gasteiger partial charge in [-0.25, -0.2) is 4.39 Å². The normalized spacial score (nSPS) is 9.96. The van der Waals surface area contributed by atoms with Crippen LogP contribution in [-0.2, 0) is 4.79 Å². The van der Waals surface area contributed by atoms with E-state index >= 15 is 0 Å². The van der Waals surface area contributed by atoms with Gasteiger partial charge < -0.3 is 9.47 Å². The number of hydrazine groups is 1. The minimum absolute atomic E-state index is 0.168. The first-order chi connectivity index (χ1) is 11.5. The lowest BCUT2D eigenvalue weighted by molar-refractivity contribution is -0.123. The highest BCUT2D eigenvalue weighted by atomic mass is 19.1. The van der Waals surface area contributed by atoms with Gasteiger partial charge in [-0.15, -0.1) is 0 Å². The summed E-state index contributed by atoms with van der Waals surface area (Å²) in [4.78, 5) is 23.5. The lowest BCUT2D eigenvalue weighted by Crippen LogP contribution is -2.44. The molecule has 2 aromatic rings. The van der Waals surface area contributed by atoms with Crippen LogP contribution in [0.3, 0.4) is 0 Å². The molecule has 0 radical (unpaired) electrons. The van der Waals surface area contributed by atoms with Gasteiger partial charge in [0.05, 0.1) is 12.7 Å². The second-order valence-electron chi connectivity index (χ2n) is 4.93. The Morgan fingerprint density at radius 2 is 1.83 bits per heavy atom. The van der Waals surface area contributed by atoms with Crippen molar-refractivity contribution in [2.75, 3.05) is 13.7 Å². The second-order valence-corrected chi connectivity index (χ2v) is 4.93. The summed E-state index contributed by atoms with van der Waals surface area (Å²) in [6.07, 6.45) is 0. The SMILES string of the molecule is COc1cc(C)ccc1OCC(=O)NNC(=O)c1ccccc1F. The number of methoxy groups -OCH3 is 1. The van der Waals surface area contributed by atoms with Crippen molar-refractivity contribution in [1.29, 1.82) is 0 Å². The fourth-order valence-corrected chi connectivity index (χ4v) is 1.91. The van der Waals surface area contributed by atoms with Crippen molar-refractivity contribution in [3.63, 3.8) is 0 Å². The molecule has 2 amide bonds. The van der Waals surface area contributed by atoms with Crippen LogP contribution in [0.2, 0.25) is 0 Å². The van der Waals surface area contributed by atoms with Gasteiger partial charge in [0.25, 0.3) is 11.8 Å². The lowest BCUT2D eigenvalue weighted by atomic mass is 10.2. The number of carbonyl (C=O) groups is 2. The van der Waals surface area contributed by atoms with Crippen LogP contribution >= 0.6 is 0 Å². The number of carbonyl (C=O) groups excluding carboxylic acids is 2. The van der Waals surface area contributed by atoms with Crippen molar-refractivity contribution in [2.45, 2.75) is 6.92 Å². The number of hydrogen-bond acceptors (Lipinski definition) is 4. The molecule has 0 aliphatic rings. The maximum absolute atomic E-state index is 13.4. The maximum atomic E-state index is 13.4. The van der Waals surface area contributed by atoms with Crippen molar-refractivity contribution >= 4 is 11.8 Å². The van der Waals surface area contributed by atoms with E-state index in [1.54, 1.807) is 12.1 Å². The van der Waals surface area contributed by atoms with E-state index in [4.69, 9.17) is 9.47 Å². The molecule has 0 unspecified atom stereocenters. The molecule has 2 aromatic carbocycles. The molecule has 2 N–H and O–H groups in total. The Morgan fingerprint density at radius 3 is 2.54 bits per heavy atom. The highest BCUT2D eigenvalue weighted by Gasteiger charge is 2.12. The Kier molecular flexibility index (Phi) is 5.73. The first kappa shape index (κ1) is 17.3. The molecule has 0 aromatic heterocycles. The summed E-state index contributed by atoms with van der Waals surface area (Å²) in [6, 6.07) is 10.7. The van der Waals surface area contributed by atoms with Crippen molar-refractivity contribution < 1.29 is 23.5 Å². The van der Waals surface area contributed by atoms with Gasteiger partial charge >= 0.3 is 0 Å². The quantitative estimate of drug-likeness (QED) is 0.821. The molecule has 0 aliphatic heterocycles. The number of benzene rings is 2. The first-order valence-electron chi connectivity index (χ1n) is 7.12. The molecular formula is C17H17FN2O4. The summed E-state index contributed by atoms with van der Waals surface area (Å²) in [6.45, 7) is 1.56. The second kappa shape index (κ2) is 7.96. The van der Waals surface area contributed by atoms with Crippen LogP contribution in [-0.4, -0.2) is 25.5 Å². The fraction of sp³-hybridized carbons (Fsp3) is 0.176. The summed E-state index contributed by atoms with van der Waals surface area (Å²) in [7, 11) is 1.50. The van der Waals surface area contributed by atoms with Gasteiger partial charge in [0.1, 0.15) is 5.82 Å². The molecule has 6 nitrogen and oxygen atoms in total. The van der Waals surface area contributed by atoms with Crippen LogP contribution in [0.25, 0.3) is 0 Å². The van der Waals surface area contributed by atoms with Crippen LogP contribution in [0.5, 0.6) is 11.5 Å². The van der Waals surface area contributed by atoms with Gasteiger partial charge in [0, 0.05) is 0 Å². The zero-order chi connectivity index (χ0) is 17.5. The summed E-state index contributed by atoms with van der Waals surface area (Å²) in [5, 5.41) is 0. The Bertz CT molecular complexity index is 749.